The minimum atomic E-state index is 0.553. The van der Waals surface area contributed by atoms with Gasteiger partial charge < -0.3 is 9.47 Å². The Morgan fingerprint density at radius 1 is 1.19 bits per heavy atom. The number of nitrogens with zero attached hydrogens (tertiary/aromatic N) is 3. The van der Waals surface area contributed by atoms with Crippen LogP contribution in [0.5, 0.6) is 5.75 Å². The average molecular weight is 355 g/mol. The predicted molar refractivity (Wildman–Crippen MR) is 102 cm³/mol. The van der Waals surface area contributed by atoms with Crippen LogP contribution in [0.3, 0.4) is 0 Å². The average Bonchev–Trinajstić information content (AvgIpc) is 2.67. The highest BCUT2D eigenvalue weighted by molar-refractivity contribution is 5.37. The first-order chi connectivity index (χ1) is 12.7. The van der Waals surface area contributed by atoms with Crippen molar-refractivity contribution in [1.82, 2.24) is 14.9 Å². The fourth-order valence-electron chi connectivity index (χ4n) is 3.60. The van der Waals surface area contributed by atoms with Gasteiger partial charge in [0.1, 0.15) is 11.6 Å². The molecule has 2 heterocycles. The molecule has 5 nitrogen and oxygen atoms in total. The van der Waals surface area contributed by atoms with Crippen LogP contribution < -0.4 is 4.74 Å². The van der Waals surface area contributed by atoms with E-state index >= 15 is 0 Å². The number of likely N-dealkylation sites (tertiary alicyclic amines) is 1. The van der Waals surface area contributed by atoms with Crippen molar-refractivity contribution in [1.29, 1.82) is 0 Å². The van der Waals surface area contributed by atoms with Crippen LogP contribution in [-0.2, 0) is 17.9 Å². The number of benzene rings is 1. The Balaban J connectivity index is 1.59. The number of ether oxygens (including phenoxy) is 2. The van der Waals surface area contributed by atoms with Gasteiger partial charge >= 0.3 is 0 Å². The van der Waals surface area contributed by atoms with Crippen molar-refractivity contribution < 1.29 is 9.47 Å². The number of aromatic nitrogens is 2. The van der Waals surface area contributed by atoms with Crippen LogP contribution in [0, 0.1) is 6.92 Å². The van der Waals surface area contributed by atoms with Gasteiger partial charge in [0.25, 0.3) is 0 Å². The molecule has 0 spiro atoms. The van der Waals surface area contributed by atoms with E-state index in [1.165, 1.54) is 11.3 Å². The summed E-state index contributed by atoms with van der Waals surface area (Å²) in [5, 5.41) is 0. The first-order valence-electron chi connectivity index (χ1n) is 9.45. The van der Waals surface area contributed by atoms with Crippen molar-refractivity contribution in [3.8, 4) is 5.75 Å². The van der Waals surface area contributed by atoms with Crippen molar-refractivity contribution in [2.24, 2.45) is 0 Å². The smallest absolute Gasteiger partial charge is 0.125 e. The lowest BCUT2D eigenvalue weighted by atomic mass is 9.93. The number of piperidine rings is 1. The molecule has 1 aliphatic heterocycles. The van der Waals surface area contributed by atoms with Gasteiger partial charge in [0.15, 0.2) is 0 Å². The summed E-state index contributed by atoms with van der Waals surface area (Å²) in [4.78, 5) is 11.3. The molecule has 3 rings (SSSR count). The molecule has 2 aromatic rings. The van der Waals surface area contributed by atoms with Crippen LogP contribution in [0.4, 0.5) is 0 Å². The number of hydrogen-bond donors (Lipinski definition) is 0. The topological polar surface area (TPSA) is 47.5 Å². The van der Waals surface area contributed by atoms with Gasteiger partial charge in [-0.25, -0.2) is 9.97 Å². The predicted octanol–water partition coefficient (Wildman–Crippen LogP) is 3.71. The standard InChI is InChI=1S/C21H29N3O2/c1-4-26-15-19-13-17(5-6-21(19)25-3)14-24-11-8-18(9-12-24)20-7-10-22-16(2)23-20/h5-7,10,13,18H,4,8-9,11-12,14-15H2,1-3H3. The lowest BCUT2D eigenvalue weighted by Crippen LogP contribution is -2.32. The highest BCUT2D eigenvalue weighted by Gasteiger charge is 2.22. The Morgan fingerprint density at radius 3 is 2.69 bits per heavy atom. The van der Waals surface area contributed by atoms with E-state index < -0.39 is 0 Å². The van der Waals surface area contributed by atoms with Crippen LogP contribution in [0.1, 0.15) is 48.3 Å². The van der Waals surface area contributed by atoms with E-state index in [4.69, 9.17) is 9.47 Å². The van der Waals surface area contributed by atoms with E-state index in [2.05, 4.69) is 39.1 Å². The van der Waals surface area contributed by atoms with Crippen molar-refractivity contribution >= 4 is 0 Å². The number of methoxy groups -OCH3 is 1. The molecule has 0 bridgehead atoms. The third kappa shape index (κ3) is 4.80. The SMILES string of the molecule is CCOCc1cc(CN2CCC(c3ccnc(C)n3)CC2)ccc1OC. The molecule has 5 heteroatoms. The lowest BCUT2D eigenvalue weighted by Gasteiger charge is -2.31. The largest absolute Gasteiger partial charge is 0.496 e. The van der Waals surface area contributed by atoms with E-state index in [1.54, 1.807) is 7.11 Å². The molecule has 0 atom stereocenters. The Bertz CT molecular complexity index is 712. The summed E-state index contributed by atoms with van der Waals surface area (Å²) in [6.45, 7) is 8.45. The molecule has 1 saturated heterocycles. The first kappa shape index (κ1) is 18.8. The van der Waals surface area contributed by atoms with Crippen LogP contribution in [0.15, 0.2) is 30.5 Å². The minimum absolute atomic E-state index is 0.553. The number of hydrogen-bond acceptors (Lipinski definition) is 5. The maximum absolute atomic E-state index is 5.57. The lowest BCUT2D eigenvalue weighted by molar-refractivity contribution is 0.131. The molecule has 1 aromatic carbocycles. The highest BCUT2D eigenvalue weighted by Crippen LogP contribution is 2.28. The van der Waals surface area contributed by atoms with Crippen LogP contribution in [0.2, 0.25) is 0 Å². The molecule has 26 heavy (non-hydrogen) atoms. The van der Waals surface area contributed by atoms with Gasteiger partial charge in [-0.2, -0.15) is 0 Å². The molecule has 0 radical (unpaired) electrons. The fraction of sp³-hybridized carbons (Fsp3) is 0.524. The first-order valence-corrected chi connectivity index (χ1v) is 9.45. The van der Waals surface area contributed by atoms with Gasteiger partial charge in [0, 0.05) is 36.5 Å². The van der Waals surface area contributed by atoms with Crippen LogP contribution >= 0.6 is 0 Å². The molecule has 1 fully saturated rings. The third-order valence-corrected chi connectivity index (χ3v) is 5.02. The Morgan fingerprint density at radius 2 is 2.00 bits per heavy atom. The minimum Gasteiger partial charge on any atom is -0.496 e. The normalized spacial score (nSPS) is 16.0. The summed E-state index contributed by atoms with van der Waals surface area (Å²) >= 11 is 0. The third-order valence-electron chi connectivity index (χ3n) is 5.02. The monoisotopic (exact) mass is 355 g/mol. The molecule has 1 aliphatic rings. The maximum Gasteiger partial charge on any atom is 0.125 e. The van der Waals surface area contributed by atoms with E-state index in [-0.39, 0.29) is 0 Å². The van der Waals surface area contributed by atoms with E-state index in [0.717, 1.165) is 49.6 Å². The van der Waals surface area contributed by atoms with Gasteiger partial charge in [-0.3, -0.25) is 4.90 Å². The summed E-state index contributed by atoms with van der Waals surface area (Å²) in [5.41, 5.74) is 3.63. The van der Waals surface area contributed by atoms with E-state index in [0.29, 0.717) is 19.1 Å². The fourth-order valence-corrected chi connectivity index (χ4v) is 3.60. The Kier molecular flexibility index (Phi) is 6.58. The summed E-state index contributed by atoms with van der Waals surface area (Å²) in [6, 6.07) is 8.50. The summed E-state index contributed by atoms with van der Waals surface area (Å²) < 4.78 is 11.0. The second kappa shape index (κ2) is 9.10. The summed E-state index contributed by atoms with van der Waals surface area (Å²) in [7, 11) is 1.71. The number of aryl methyl sites for hydroxylation is 1. The summed E-state index contributed by atoms with van der Waals surface area (Å²) in [5.74, 6) is 2.32. The van der Waals surface area contributed by atoms with Crippen molar-refractivity contribution in [2.45, 2.75) is 45.8 Å². The molecular weight excluding hydrogens is 326 g/mol. The molecule has 0 aliphatic carbocycles. The van der Waals surface area contributed by atoms with Gasteiger partial charge in [-0.15, -0.1) is 0 Å². The second-order valence-corrected chi connectivity index (χ2v) is 6.86. The zero-order chi connectivity index (χ0) is 18.4. The Labute approximate surface area is 156 Å². The van der Waals surface area contributed by atoms with Crippen LogP contribution in [0.25, 0.3) is 0 Å². The Hall–Kier alpha value is -1.98. The molecular formula is C21H29N3O2. The zero-order valence-electron chi connectivity index (χ0n) is 16.1. The summed E-state index contributed by atoms with van der Waals surface area (Å²) in [6.07, 6.45) is 4.18. The number of rotatable bonds is 7. The molecule has 0 amide bonds. The molecule has 140 valence electrons. The zero-order valence-corrected chi connectivity index (χ0v) is 16.1. The van der Waals surface area contributed by atoms with Crippen molar-refractivity contribution in [2.75, 3.05) is 26.8 Å². The van der Waals surface area contributed by atoms with Crippen molar-refractivity contribution in [3.05, 3.63) is 53.1 Å². The molecule has 0 N–H and O–H groups in total. The molecule has 1 aromatic heterocycles. The van der Waals surface area contributed by atoms with Gasteiger partial charge in [-0.05, 0) is 63.5 Å². The second-order valence-electron chi connectivity index (χ2n) is 6.86. The van der Waals surface area contributed by atoms with E-state index in [9.17, 15) is 0 Å². The molecule has 0 unspecified atom stereocenters. The highest BCUT2D eigenvalue weighted by atomic mass is 16.5. The molecule has 0 saturated carbocycles. The van der Waals surface area contributed by atoms with E-state index in [1.807, 2.05) is 20.0 Å². The van der Waals surface area contributed by atoms with Gasteiger partial charge in [-0.1, -0.05) is 6.07 Å². The van der Waals surface area contributed by atoms with Crippen LogP contribution in [-0.4, -0.2) is 41.7 Å². The quantitative estimate of drug-likeness (QED) is 0.758. The van der Waals surface area contributed by atoms with Crippen molar-refractivity contribution in [3.63, 3.8) is 0 Å². The maximum atomic E-state index is 5.57. The van der Waals surface area contributed by atoms with Gasteiger partial charge in [0.05, 0.1) is 13.7 Å². The van der Waals surface area contributed by atoms with Gasteiger partial charge in [0.2, 0.25) is 0 Å².